The summed E-state index contributed by atoms with van der Waals surface area (Å²) >= 11 is 0. The molecule has 20 heavy (non-hydrogen) atoms. The maximum atomic E-state index is 13.5. The lowest BCUT2D eigenvalue weighted by Crippen LogP contribution is -1.85. The molecule has 0 aliphatic heterocycles. The Hall–Kier alpha value is -2.91. The quantitative estimate of drug-likeness (QED) is 0.760. The van der Waals surface area contributed by atoms with Crippen molar-refractivity contribution in [3.63, 3.8) is 0 Å². The molecule has 2 aromatic rings. The van der Waals surface area contributed by atoms with E-state index in [9.17, 15) is 4.39 Å². The van der Waals surface area contributed by atoms with Crippen LogP contribution < -0.4 is 0 Å². The van der Waals surface area contributed by atoms with Crippen LogP contribution in [0.4, 0.5) is 4.39 Å². The normalized spacial score (nSPS) is 9.40. The van der Waals surface area contributed by atoms with Crippen molar-refractivity contribution in [2.75, 3.05) is 0 Å². The van der Waals surface area contributed by atoms with Crippen LogP contribution in [0.15, 0.2) is 48.0 Å². The number of rotatable bonds is 2. The number of benzene rings is 2. The molecule has 2 rings (SSSR count). The highest BCUT2D eigenvalue weighted by molar-refractivity contribution is 5.68. The van der Waals surface area contributed by atoms with E-state index in [0.29, 0.717) is 5.56 Å². The first-order valence-electron chi connectivity index (χ1n) is 6.02. The van der Waals surface area contributed by atoms with Crippen LogP contribution in [-0.2, 0) is 0 Å². The van der Waals surface area contributed by atoms with Gasteiger partial charge in [0.2, 0.25) is 0 Å². The first kappa shape index (κ1) is 13.5. The molecule has 2 nitrogen and oxygen atoms in total. The van der Waals surface area contributed by atoms with Crippen molar-refractivity contribution in [2.24, 2.45) is 0 Å². The highest BCUT2D eigenvalue weighted by Gasteiger charge is 2.02. The third-order valence-electron chi connectivity index (χ3n) is 2.97. The molecule has 0 fully saturated rings. The third-order valence-corrected chi connectivity index (χ3v) is 2.97. The van der Waals surface area contributed by atoms with Crippen LogP contribution in [0, 0.1) is 35.4 Å². The van der Waals surface area contributed by atoms with Gasteiger partial charge >= 0.3 is 0 Å². The zero-order chi connectivity index (χ0) is 14.5. The third kappa shape index (κ3) is 2.91. The zero-order valence-corrected chi connectivity index (χ0v) is 10.9. The van der Waals surface area contributed by atoms with E-state index in [-0.39, 0.29) is 11.4 Å². The van der Waals surface area contributed by atoms with E-state index < -0.39 is 0 Å². The predicted molar refractivity (Wildman–Crippen MR) is 75.8 cm³/mol. The molecule has 0 saturated carbocycles. The first-order chi connectivity index (χ1) is 9.63. The molecule has 96 valence electrons. The summed E-state index contributed by atoms with van der Waals surface area (Å²) in [6.45, 7) is 1.72. The number of aryl methyl sites for hydroxylation is 1. The van der Waals surface area contributed by atoms with Crippen LogP contribution in [0.1, 0.15) is 11.1 Å². The molecule has 3 heteroatoms. The molecule has 2 aromatic carbocycles. The molecule has 0 spiro atoms. The molecule has 0 aromatic heterocycles. The van der Waals surface area contributed by atoms with Gasteiger partial charge in [0, 0.05) is 0 Å². The van der Waals surface area contributed by atoms with Gasteiger partial charge in [-0.1, -0.05) is 36.4 Å². The molecule has 0 amide bonds. The lowest BCUT2D eigenvalue weighted by Gasteiger charge is -2.04. The number of nitrogens with zero attached hydrogens (tertiary/aromatic N) is 2. The average Bonchev–Trinajstić information content (AvgIpc) is 2.48. The lowest BCUT2D eigenvalue weighted by molar-refractivity contribution is 0.619. The molecular weight excluding hydrogens is 251 g/mol. The topological polar surface area (TPSA) is 47.6 Å². The summed E-state index contributed by atoms with van der Waals surface area (Å²) in [6.07, 6.45) is 1.51. The van der Waals surface area contributed by atoms with Crippen LogP contribution in [0.3, 0.4) is 0 Å². The van der Waals surface area contributed by atoms with Gasteiger partial charge in [0.1, 0.15) is 23.5 Å². The lowest BCUT2D eigenvalue weighted by atomic mass is 10.0. The van der Waals surface area contributed by atoms with E-state index in [2.05, 4.69) is 0 Å². The minimum Gasteiger partial charge on any atom is -0.207 e. The van der Waals surface area contributed by atoms with Gasteiger partial charge < -0.3 is 0 Å². The molecule has 0 atom stereocenters. The molecule has 0 radical (unpaired) electrons. The van der Waals surface area contributed by atoms with Crippen molar-refractivity contribution in [2.45, 2.75) is 6.92 Å². The van der Waals surface area contributed by atoms with Crippen molar-refractivity contribution in [1.82, 2.24) is 0 Å². The second-order valence-corrected chi connectivity index (χ2v) is 4.37. The maximum absolute atomic E-state index is 13.5. The highest BCUT2D eigenvalue weighted by atomic mass is 19.1. The van der Waals surface area contributed by atoms with Crippen LogP contribution >= 0.6 is 0 Å². The van der Waals surface area contributed by atoms with Gasteiger partial charge in [-0.25, -0.2) is 4.39 Å². The Morgan fingerprint density at radius 1 is 1.00 bits per heavy atom. The van der Waals surface area contributed by atoms with Crippen molar-refractivity contribution in [1.29, 1.82) is 10.5 Å². The number of nitriles is 2. The number of hydrogen-bond donors (Lipinski definition) is 0. The van der Waals surface area contributed by atoms with Gasteiger partial charge in [-0.15, -0.1) is 0 Å². The SMILES string of the molecule is Cc1ccc(-c2ccc(C=C(C#N)C#N)cc2)cc1F. The fourth-order valence-electron chi connectivity index (χ4n) is 1.80. The van der Waals surface area contributed by atoms with E-state index in [1.165, 1.54) is 12.1 Å². The smallest absolute Gasteiger partial charge is 0.130 e. The Morgan fingerprint density at radius 2 is 1.60 bits per heavy atom. The second-order valence-electron chi connectivity index (χ2n) is 4.37. The van der Waals surface area contributed by atoms with E-state index in [4.69, 9.17) is 10.5 Å². The highest BCUT2D eigenvalue weighted by Crippen LogP contribution is 2.22. The summed E-state index contributed by atoms with van der Waals surface area (Å²) in [7, 11) is 0. The van der Waals surface area contributed by atoms with Gasteiger partial charge in [0.15, 0.2) is 0 Å². The van der Waals surface area contributed by atoms with Gasteiger partial charge in [0.25, 0.3) is 0 Å². The Morgan fingerprint density at radius 3 is 2.15 bits per heavy atom. The number of halogens is 1. The average molecular weight is 262 g/mol. The molecule has 0 bridgehead atoms. The van der Waals surface area contributed by atoms with Crippen LogP contribution in [-0.4, -0.2) is 0 Å². The molecule has 0 saturated heterocycles. The second kappa shape index (κ2) is 5.82. The fourth-order valence-corrected chi connectivity index (χ4v) is 1.80. The van der Waals surface area contributed by atoms with E-state index in [1.54, 1.807) is 25.1 Å². The van der Waals surface area contributed by atoms with E-state index in [1.807, 2.05) is 30.3 Å². The number of hydrogen-bond acceptors (Lipinski definition) is 2. The summed E-state index contributed by atoms with van der Waals surface area (Å²) in [4.78, 5) is 0. The molecule has 0 aliphatic rings. The predicted octanol–water partition coefficient (Wildman–Crippen LogP) is 4.23. The van der Waals surface area contributed by atoms with E-state index >= 15 is 0 Å². The zero-order valence-electron chi connectivity index (χ0n) is 10.9. The fraction of sp³-hybridized carbons (Fsp3) is 0.0588. The molecule has 0 N–H and O–H groups in total. The summed E-state index contributed by atoms with van der Waals surface area (Å²) in [5, 5.41) is 17.4. The molecular formula is C17H11FN2. The molecule has 0 aliphatic carbocycles. The summed E-state index contributed by atoms with van der Waals surface area (Å²) in [6, 6.07) is 16.0. The van der Waals surface area contributed by atoms with Gasteiger partial charge in [0.05, 0.1) is 0 Å². The number of allylic oxidation sites excluding steroid dienone is 1. The largest absolute Gasteiger partial charge is 0.207 e. The Bertz CT molecular complexity index is 728. The van der Waals surface area contributed by atoms with Crippen LogP contribution in [0.2, 0.25) is 0 Å². The first-order valence-corrected chi connectivity index (χ1v) is 6.02. The van der Waals surface area contributed by atoms with Gasteiger partial charge in [-0.3, -0.25) is 0 Å². The minimum atomic E-state index is -0.234. The molecule has 0 unspecified atom stereocenters. The van der Waals surface area contributed by atoms with Crippen LogP contribution in [0.5, 0.6) is 0 Å². The Balaban J connectivity index is 2.34. The van der Waals surface area contributed by atoms with E-state index in [0.717, 1.165) is 16.7 Å². The maximum Gasteiger partial charge on any atom is 0.130 e. The summed E-state index contributed by atoms with van der Waals surface area (Å²) in [5.74, 6) is -0.234. The van der Waals surface area contributed by atoms with Crippen molar-refractivity contribution in [3.8, 4) is 23.3 Å². The monoisotopic (exact) mass is 262 g/mol. The van der Waals surface area contributed by atoms with Crippen LogP contribution in [0.25, 0.3) is 17.2 Å². The minimum absolute atomic E-state index is 0.0548. The summed E-state index contributed by atoms with van der Waals surface area (Å²) in [5.41, 5.74) is 3.11. The summed E-state index contributed by atoms with van der Waals surface area (Å²) < 4.78 is 13.5. The van der Waals surface area contributed by atoms with Gasteiger partial charge in [-0.05, 0) is 41.3 Å². The Labute approximate surface area is 117 Å². The van der Waals surface area contributed by atoms with Crippen molar-refractivity contribution < 1.29 is 4.39 Å². The molecule has 0 heterocycles. The van der Waals surface area contributed by atoms with Crippen molar-refractivity contribution in [3.05, 3.63) is 65.0 Å². The van der Waals surface area contributed by atoms with Gasteiger partial charge in [-0.2, -0.15) is 10.5 Å². The standard InChI is InChI=1S/C17H11FN2/c1-12-2-5-16(9-17(12)18)15-6-3-13(4-7-15)8-14(10-19)11-20/h2-9H,1H3. The Kier molecular flexibility index (Phi) is 3.93. The van der Waals surface area contributed by atoms with Crippen molar-refractivity contribution >= 4 is 6.08 Å².